The number of nitrogens with zero attached hydrogens (tertiary/aromatic N) is 2. The fourth-order valence-corrected chi connectivity index (χ4v) is 5.63. The predicted molar refractivity (Wildman–Crippen MR) is 98.7 cm³/mol. The maximum Gasteiger partial charge on any atom is 0.233 e. The summed E-state index contributed by atoms with van der Waals surface area (Å²) in [6.07, 6.45) is 6.93. The highest BCUT2D eigenvalue weighted by Gasteiger charge is 2.47. The van der Waals surface area contributed by atoms with Gasteiger partial charge < -0.3 is 5.32 Å². The van der Waals surface area contributed by atoms with Gasteiger partial charge in [-0.2, -0.15) is 0 Å². The molecule has 3 atom stereocenters. The molecule has 4 rings (SSSR count). The van der Waals surface area contributed by atoms with Crippen molar-refractivity contribution in [1.29, 1.82) is 0 Å². The van der Waals surface area contributed by atoms with Crippen molar-refractivity contribution < 1.29 is 14.4 Å². The van der Waals surface area contributed by atoms with Crippen LogP contribution in [-0.2, 0) is 27.2 Å². The molecule has 1 saturated carbocycles. The predicted octanol–water partition coefficient (Wildman–Crippen LogP) is 2.77. The summed E-state index contributed by atoms with van der Waals surface area (Å²) >= 11 is 1.55. The van der Waals surface area contributed by atoms with Gasteiger partial charge in [0.05, 0.1) is 17.5 Å². The van der Waals surface area contributed by atoms with Crippen molar-refractivity contribution in [3.05, 3.63) is 10.6 Å². The second-order valence-corrected chi connectivity index (χ2v) is 8.94. The Balaban J connectivity index is 1.33. The van der Waals surface area contributed by atoms with Crippen LogP contribution in [0, 0.1) is 17.8 Å². The number of hydrogen-bond donors (Lipinski definition) is 1. The lowest BCUT2D eigenvalue weighted by molar-refractivity contribution is -0.140. The van der Waals surface area contributed by atoms with Gasteiger partial charge in [-0.05, 0) is 38.0 Å². The van der Waals surface area contributed by atoms with Gasteiger partial charge in [-0.25, -0.2) is 4.98 Å². The largest absolute Gasteiger partial charge is 0.302 e. The highest BCUT2D eigenvalue weighted by molar-refractivity contribution is 7.15. The van der Waals surface area contributed by atoms with Crippen molar-refractivity contribution in [2.24, 2.45) is 17.8 Å². The second kappa shape index (κ2) is 7.10. The van der Waals surface area contributed by atoms with E-state index in [4.69, 9.17) is 0 Å². The SMILES string of the molecule is CC1CCc2nc(NC(=O)CCN3C(=O)C4CCCCC4C3=O)sc2C1. The first-order chi connectivity index (χ1) is 12.5. The van der Waals surface area contributed by atoms with Gasteiger partial charge in [0.25, 0.3) is 0 Å². The molecule has 1 N–H and O–H groups in total. The molecule has 2 aliphatic carbocycles. The molecule has 3 aliphatic rings. The van der Waals surface area contributed by atoms with Crippen molar-refractivity contribution in [2.75, 3.05) is 11.9 Å². The van der Waals surface area contributed by atoms with E-state index >= 15 is 0 Å². The number of amides is 3. The minimum Gasteiger partial charge on any atom is -0.302 e. The van der Waals surface area contributed by atoms with Gasteiger partial charge in [-0.15, -0.1) is 11.3 Å². The average Bonchev–Trinajstić information content (AvgIpc) is 3.12. The molecule has 2 heterocycles. The number of aromatic nitrogens is 1. The quantitative estimate of drug-likeness (QED) is 0.821. The maximum atomic E-state index is 12.4. The van der Waals surface area contributed by atoms with Crippen molar-refractivity contribution in [3.8, 4) is 0 Å². The van der Waals surface area contributed by atoms with Gasteiger partial charge >= 0.3 is 0 Å². The van der Waals surface area contributed by atoms with Gasteiger partial charge in [-0.3, -0.25) is 19.3 Å². The normalized spacial score (nSPS) is 28.0. The third kappa shape index (κ3) is 3.29. The van der Waals surface area contributed by atoms with E-state index in [1.54, 1.807) is 11.3 Å². The summed E-state index contributed by atoms with van der Waals surface area (Å²) in [7, 11) is 0. The molecular weight excluding hydrogens is 350 g/mol. The van der Waals surface area contributed by atoms with Crippen LogP contribution in [0.15, 0.2) is 0 Å². The lowest BCUT2D eigenvalue weighted by atomic mass is 9.81. The molecule has 26 heavy (non-hydrogen) atoms. The van der Waals surface area contributed by atoms with Crippen molar-refractivity contribution >= 4 is 34.2 Å². The zero-order valence-corrected chi connectivity index (χ0v) is 15.9. The highest BCUT2D eigenvalue weighted by atomic mass is 32.1. The lowest BCUT2D eigenvalue weighted by Gasteiger charge is -2.19. The average molecular weight is 375 g/mol. The van der Waals surface area contributed by atoms with Crippen LogP contribution in [0.3, 0.4) is 0 Å². The van der Waals surface area contributed by atoms with E-state index < -0.39 is 0 Å². The van der Waals surface area contributed by atoms with Crippen molar-refractivity contribution in [2.45, 2.75) is 58.3 Å². The van der Waals surface area contributed by atoms with E-state index in [1.165, 1.54) is 9.78 Å². The van der Waals surface area contributed by atoms with Crippen LogP contribution in [0.25, 0.3) is 0 Å². The first-order valence-electron chi connectivity index (χ1n) is 9.66. The Kier molecular flexibility index (Phi) is 4.82. The summed E-state index contributed by atoms with van der Waals surface area (Å²) in [5, 5.41) is 3.49. The molecule has 3 amide bonds. The van der Waals surface area contributed by atoms with Crippen molar-refractivity contribution in [1.82, 2.24) is 9.88 Å². The molecule has 1 aliphatic heterocycles. The number of fused-ring (bicyclic) bond motifs is 2. The number of anilines is 1. The molecular formula is C19H25N3O3S. The van der Waals surface area contributed by atoms with Crippen LogP contribution < -0.4 is 5.32 Å². The number of rotatable bonds is 4. The molecule has 0 bridgehead atoms. The van der Waals surface area contributed by atoms with Crippen LogP contribution in [0.5, 0.6) is 0 Å². The minimum atomic E-state index is -0.181. The third-order valence-electron chi connectivity index (χ3n) is 5.93. The van der Waals surface area contributed by atoms with Crippen molar-refractivity contribution in [3.63, 3.8) is 0 Å². The van der Waals surface area contributed by atoms with Crippen LogP contribution in [0.1, 0.15) is 56.0 Å². The molecule has 1 aromatic rings. The topological polar surface area (TPSA) is 79.4 Å². The molecule has 2 fully saturated rings. The fraction of sp³-hybridized carbons (Fsp3) is 0.684. The maximum absolute atomic E-state index is 12.4. The summed E-state index contributed by atoms with van der Waals surface area (Å²) in [5.41, 5.74) is 1.11. The Morgan fingerprint density at radius 3 is 2.58 bits per heavy atom. The first-order valence-corrected chi connectivity index (χ1v) is 10.5. The highest BCUT2D eigenvalue weighted by Crippen LogP contribution is 2.38. The number of imide groups is 1. The smallest absolute Gasteiger partial charge is 0.233 e. The second-order valence-electron chi connectivity index (χ2n) is 7.86. The zero-order valence-electron chi connectivity index (χ0n) is 15.1. The van der Waals surface area contributed by atoms with Gasteiger partial charge in [0.2, 0.25) is 17.7 Å². The number of carbonyl (C=O) groups is 3. The van der Waals surface area contributed by atoms with Crippen LogP contribution >= 0.6 is 11.3 Å². The minimum absolute atomic E-state index is 0.0776. The molecule has 0 radical (unpaired) electrons. The van der Waals surface area contributed by atoms with Gasteiger partial charge in [-0.1, -0.05) is 19.8 Å². The Morgan fingerprint density at radius 2 is 1.88 bits per heavy atom. The van der Waals surface area contributed by atoms with E-state index in [0.29, 0.717) is 11.0 Å². The number of likely N-dealkylation sites (tertiary alicyclic amines) is 1. The summed E-state index contributed by atoms with van der Waals surface area (Å²) in [6.45, 7) is 2.42. The molecule has 140 valence electrons. The Morgan fingerprint density at radius 1 is 1.19 bits per heavy atom. The summed E-state index contributed by atoms with van der Waals surface area (Å²) in [4.78, 5) is 44.3. The number of hydrogen-bond acceptors (Lipinski definition) is 5. The summed E-state index contributed by atoms with van der Waals surface area (Å²) in [5.74, 6) is 0.0400. The van der Waals surface area contributed by atoms with E-state index in [0.717, 1.165) is 50.6 Å². The lowest BCUT2D eigenvalue weighted by Crippen LogP contribution is -2.34. The number of thiazole rings is 1. The molecule has 1 saturated heterocycles. The van der Waals surface area contributed by atoms with Gasteiger partial charge in [0.15, 0.2) is 5.13 Å². The number of carbonyl (C=O) groups excluding carboxylic acids is 3. The fourth-order valence-electron chi connectivity index (χ4n) is 4.44. The summed E-state index contributed by atoms with van der Waals surface area (Å²) < 4.78 is 0. The van der Waals surface area contributed by atoms with E-state index in [-0.39, 0.29) is 42.5 Å². The van der Waals surface area contributed by atoms with E-state index in [1.807, 2.05) is 0 Å². The van der Waals surface area contributed by atoms with E-state index in [2.05, 4.69) is 17.2 Å². The zero-order chi connectivity index (χ0) is 18.3. The molecule has 3 unspecified atom stereocenters. The van der Waals surface area contributed by atoms with Crippen LogP contribution in [0.4, 0.5) is 5.13 Å². The van der Waals surface area contributed by atoms with Crippen LogP contribution in [-0.4, -0.2) is 34.2 Å². The Bertz CT molecular complexity index is 720. The monoisotopic (exact) mass is 375 g/mol. The third-order valence-corrected chi connectivity index (χ3v) is 6.96. The molecule has 0 aromatic carbocycles. The van der Waals surface area contributed by atoms with Crippen LogP contribution in [0.2, 0.25) is 0 Å². The first kappa shape index (κ1) is 17.6. The van der Waals surface area contributed by atoms with E-state index in [9.17, 15) is 14.4 Å². The molecule has 7 heteroatoms. The Labute approximate surface area is 157 Å². The number of nitrogens with one attached hydrogen (secondary N) is 1. The number of aryl methyl sites for hydroxylation is 1. The summed E-state index contributed by atoms with van der Waals surface area (Å²) in [6, 6.07) is 0. The standard InChI is InChI=1S/C19H25N3O3S/c1-11-6-7-14-15(10-11)26-19(20-14)21-16(23)8-9-22-17(24)12-4-2-3-5-13(12)18(22)25/h11-13H,2-10H2,1H3,(H,20,21,23). The molecule has 0 spiro atoms. The van der Waals surface area contributed by atoms with Gasteiger partial charge in [0.1, 0.15) is 0 Å². The van der Waals surface area contributed by atoms with Gasteiger partial charge in [0, 0.05) is 17.8 Å². The molecule has 6 nitrogen and oxygen atoms in total. The Hall–Kier alpha value is -1.76. The molecule has 1 aromatic heterocycles.